The quantitative estimate of drug-likeness (QED) is 0.476. The van der Waals surface area contributed by atoms with Gasteiger partial charge in [-0.25, -0.2) is 4.39 Å². The molecule has 3 rings (SSSR count). The van der Waals surface area contributed by atoms with Gasteiger partial charge < -0.3 is 14.3 Å². The Labute approximate surface area is 157 Å². The van der Waals surface area contributed by atoms with Gasteiger partial charge in [0, 0.05) is 5.02 Å². The number of hydrogen-bond acceptors (Lipinski definition) is 7. The monoisotopic (exact) mass is 394 g/mol. The van der Waals surface area contributed by atoms with E-state index in [4.69, 9.17) is 20.8 Å². The number of phenols is 1. The van der Waals surface area contributed by atoms with Crippen molar-refractivity contribution in [2.75, 3.05) is 5.75 Å². The van der Waals surface area contributed by atoms with E-state index in [2.05, 4.69) is 10.2 Å². The third kappa shape index (κ3) is 4.74. The minimum Gasteiger partial charge on any atom is -0.507 e. The van der Waals surface area contributed by atoms with Crippen molar-refractivity contribution in [1.29, 1.82) is 0 Å². The summed E-state index contributed by atoms with van der Waals surface area (Å²) in [5.41, 5.74) is -0.0942. The summed E-state index contributed by atoms with van der Waals surface area (Å²) in [6, 6.07) is 9.99. The molecule has 0 radical (unpaired) electrons. The van der Waals surface area contributed by atoms with Gasteiger partial charge in [0.15, 0.2) is 12.4 Å². The van der Waals surface area contributed by atoms with Crippen molar-refractivity contribution in [2.45, 2.75) is 11.8 Å². The van der Waals surface area contributed by atoms with Gasteiger partial charge in [-0.3, -0.25) is 4.79 Å². The number of halogens is 2. The molecule has 0 saturated carbocycles. The average Bonchev–Trinajstić information content (AvgIpc) is 3.09. The highest BCUT2D eigenvalue weighted by atomic mass is 35.5. The van der Waals surface area contributed by atoms with Crippen molar-refractivity contribution < 1.29 is 23.4 Å². The number of carbonyl (C=O) groups excluding carboxylic acids is 1. The summed E-state index contributed by atoms with van der Waals surface area (Å²) in [6.07, 6.45) is 0. The van der Waals surface area contributed by atoms with Crippen molar-refractivity contribution >= 4 is 29.1 Å². The largest absolute Gasteiger partial charge is 0.507 e. The lowest BCUT2D eigenvalue weighted by atomic mass is 10.1. The van der Waals surface area contributed by atoms with E-state index in [9.17, 15) is 14.3 Å². The molecule has 0 spiro atoms. The van der Waals surface area contributed by atoms with Gasteiger partial charge >= 0.3 is 0 Å². The highest BCUT2D eigenvalue weighted by molar-refractivity contribution is 7.99. The number of carbonyl (C=O) groups is 1. The lowest BCUT2D eigenvalue weighted by molar-refractivity contribution is 0.101. The van der Waals surface area contributed by atoms with E-state index in [1.54, 1.807) is 24.3 Å². The van der Waals surface area contributed by atoms with Crippen LogP contribution < -0.4 is 4.74 Å². The number of rotatable bonds is 7. The molecule has 0 unspecified atom stereocenters. The number of ketones is 1. The molecule has 0 fully saturated rings. The van der Waals surface area contributed by atoms with Gasteiger partial charge in [0.25, 0.3) is 11.1 Å². The summed E-state index contributed by atoms with van der Waals surface area (Å²) in [6.45, 7) is 0.0633. The van der Waals surface area contributed by atoms with Gasteiger partial charge in [-0.15, -0.1) is 10.2 Å². The molecular weight excluding hydrogens is 383 g/mol. The number of hydrogen-bond donors (Lipinski definition) is 1. The first-order valence-electron chi connectivity index (χ1n) is 7.36. The second kappa shape index (κ2) is 8.20. The zero-order chi connectivity index (χ0) is 18.5. The molecule has 134 valence electrons. The van der Waals surface area contributed by atoms with E-state index < -0.39 is 11.6 Å². The van der Waals surface area contributed by atoms with Crippen LogP contribution in [0.2, 0.25) is 5.02 Å². The van der Waals surface area contributed by atoms with Crippen LogP contribution in [0.5, 0.6) is 11.5 Å². The van der Waals surface area contributed by atoms with Gasteiger partial charge in [-0.05, 0) is 42.5 Å². The molecule has 0 bridgehead atoms. The second-order valence-corrected chi connectivity index (χ2v) is 6.44. The molecule has 0 atom stereocenters. The van der Waals surface area contributed by atoms with Gasteiger partial charge in [-0.1, -0.05) is 23.4 Å². The van der Waals surface area contributed by atoms with E-state index in [0.717, 1.165) is 30.0 Å². The number of benzene rings is 2. The molecule has 1 aromatic heterocycles. The fourth-order valence-corrected chi connectivity index (χ4v) is 2.76. The number of aromatic nitrogens is 2. The molecular formula is C17H12ClFN2O4S. The fraction of sp³-hybridized carbons (Fsp3) is 0.118. The predicted molar refractivity (Wildman–Crippen MR) is 93.2 cm³/mol. The molecule has 6 nitrogen and oxygen atoms in total. The highest BCUT2D eigenvalue weighted by Gasteiger charge is 2.15. The first-order chi connectivity index (χ1) is 12.5. The summed E-state index contributed by atoms with van der Waals surface area (Å²) < 4.78 is 24.0. The van der Waals surface area contributed by atoms with Crippen LogP contribution in [-0.2, 0) is 6.61 Å². The summed E-state index contributed by atoms with van der Waals surface area (Å²) in [5.74, 6) is -0.585. The third-order valence-corrected chi connectivity index (χ3v) is 4.28. The number of ether oxygens (including phenoxy) is 1. The average molecular weight is 395 g/mol. The van der Waals surface area contributed by atoms with Crippen LogP contribution in [0, 0.1) is 5.82 Å². The van der Waals surface area contributed by atoms with Crippen LogP contribution in [0.25, 0.3) is 0 Å². The number of aromatic hydroxyl groups is 1. The predicted octanol–water partition coefficient (Wildman–Crippen LogP) is 4.12. The molecule has 1 N–H and O–H groups in total. The fourth-order valence-electron chi connectivity index (χ4n) is 1.97. The van der Waals surface area contributed by atoms with Crippen LogP contribution in [0.15, 0.2) is 52.1 Å². The zero-order valence-electron chi connectivity index (χ0n) is 13.2. The Morgan fingerprint density at radius 3 is 2.77 bits per heavy atom. The minimum absolute atomic E-state index is 0.0633. The Kier molecular flexibility index (Phi) is 5.75. The van der Waals surface area contributed by atoms with E-state index in [1.807, 2.05) is 0 Å². The summed E-state index contributed by atoms with van der Waals surface area (Å²) >= 11 is 6.78. The third-order valence-electron chi connectivity index (χ3n) is 3.21. The summed E-state index contributed by atoms with van der Waals surface area (Å²) in [7, 11) is 0. The molecule has 0 aliphatic rings. The molecule has 3 aromatic rings. The molecule has 0 aliphatic carbocycles. The highest BCUT2D eigenvalue weighted by Crippen LogP contribution is 2.23. The lowest BCUT2D eigenvalue weighted by Crippen LogP contribution is -2.03. The summed E-state index contributed by atoms with van der Waals surface area (Å²) in [4.78, 5) is 12.1. The number of nitrogens with zero attached hydrogens (tertiary/aromatic N) is 2. The van der Waals surface area contributed by atoms with E-state index >= 15 is 0 Å². The Morgan fingerprint density at radius 2 is 2.00 bits per heavy atom. The Balaban J connectivity index is 1.54. The van der Waals surface area contributed by atoms with E-state index in [0.29, 0.717) is 10.8 Å². The maximum absolute atomic E-state index is 13.2. The zero-order valence-corrected chi connectivity index (χ0v) is 14.8. The van der Waals surface area contributed by atoms with Gasteiger partial charge in [0.2, 0.25) is 0 Å². The maximum Gasteiger partial charge on any atom is 0.277 e. The maximum atomic E-state index is 13.2. The summed E-state index contributed by atoms with van der Waals surface area (Å²) in [5, 5.41) is 18.0. The van der Waals surface area contributed by atoms with Crippen LogP contribution in [-0.4, -0.2) is 26.8 Å². The molecule has 0 saturated heterocycles. The minimum atomic E-state index is -0.601. The molecule has 0 amide bonds. The van der Waals surface area contributed by atoms with Crippen molar-refractivity contribution in [2.24, 2.45) is 0 Å². The number of thioether (sulfide) groups is 1. The van der Waals surface area contributed by atoms with E-state index in [1.165, 1.54) is 0 Å². The Morgan fingerprint density at radius 1 is 1.23 bits per heavy atom. The molecule has 2 aromatic carbocycles. The lowest BCUT2D eigenvalue weighted by Gasteiger charge is -2.03. The molecule has 26 heavy (non-hydrogen) atoms. The Hall–Kier alpha value is -2.58. The molecule has 9 heteroatoms. The topological polar surface area (TPSA) is 85.5 Å². The van der Waals surface area contributed by atoms with Crippen LogP contribution in [0.4, 0.5) is 4.39 Å². The van der Waals surface area contributed by atoms with Crippen molar-refractivity contribution in [1.82, 2.24) is 10.2 Å². The smallest absolute Gasteiger partial charge is 0.277 e. The first kappa shape index (κ1) is 18.2. The van der Waals surface area contributed by atoms with Crippen molar-refractivity contribution in [3.05, 3.63) is 64.8 Å². The standard InChI is InChI=1S/C17H12ClFN2O4S/c18-10-1-4-12(5-2-10)24-8-16-20-21-17(25-16)26-9-15(23)13-7-11(19)3-6-14(13)22/h1-7,22H,8-9H2. The van der Waals surface area contributed by atoms with Crippen molar-refractivity contribution in [3.8, 4) is 11.5 Å². The van der Waals surface area contributed by atoms with E-state index in [-0.39, 0.29) is 34.8 Å². The van der Waals surface area contributed by atoms with Gasteiger partial charge in [0.05, 0.1) is 11.3 Å². The normalized spacial score (nSPS) is 10.7. The first-order valence-corrected chi connectivity index (χ1v) is 8.73. The van der Waals surface area contributed by atoms with Crippen molar-refractivity contribution in [3.63, 3.8) is 0 Å². The van der Waals surface area contributed by atoms with Crippen LogP contribution in [0.1, 0.15) is 16.2 Å². The molecule has 0 aliphatic heterocycles. The number of Topliss-reactive ketones (excluding diaryl/α,β-unsaturated/α-hetero) is 1. The second-order valence-electron chi connectivity index (χ2n) is 5.08. The van der Waals surface area contributed by atoms with Gasteiger partial charge in [-0.2, -0.15) is 0 Å². The number of phenolic OH excluding ortho intramolecular Hbond substituents is 1. The van der Waals surface area contributed by atoms with Gasteiger partial charge in [0.1, 0.15) is 17.3 Å². The van der Waals surface area contributed by atoms with Crippen LogP contribution >= 0.6 is 23.4 Å². The SMILES string of the molecule is O=C(CSc1nnc(COc2ccc(Cl)cc2)o1)c1cc(F)ccc1O. The van der Waals surface area contributed by atoms with Crippen LogP contribution in [0.3, 0.4) is 0 Å². The molecule has 1 heterocycles. The Bertz CT molecular complexity index is 917.